The summed E-state index contributed by atoms with van der Waals surface area (Å²) in [5.74, 6) is 1.26. The van der Waals surface area contributed by atoms with E-state index in [0.717, 1.165) is 28.9 Å². The summed E-state index contributed by atoms with van der Waals surface area (Å²) in [6, 6.07) is 9.52. The van der Waals surface area contributed by atoms with Crippen LogP contribution in [0, 0.1) is 0 Å². The van der Waals surface area contributed by atoms with E-state index in [4.69, 9.17) is 19.6 Å². The zero-order valence-corrected chi connectivity index (χ0v) is 21.8. The Morgan fingerprint density at radius 2 is 2.00 bits per heavy atom. The number of hydrogen-bond acceptors (Lipinski definition) is 7. The van der Waals surface area contributed by atoms with Gasteiger partial charge in [0, 0.05) is 30.9 Å². The number of likely N-dealkylation sites (tertiary alicyclic amines) is 1. The number of aryl methyl sites for hydroxylation is 1. The minimum Gasteiger partial charge on any atom is -0.497 e. The number of nitrogens with zero attached hydrogens (tertiary/aromatic N) is 2. The number of rotatable bonds is 9. The van der Waals surface area contributed by atoms with Crippen LogP contribution in [-0.2, 0) is 11.2 Å². The van der Waals surface area contributed by atoms with E-state index < -0.39 is 6.61 Å². The van der Waals surface area contributed by atoms with Crippen molar-refractivity contribution in [3.8, 4) is 11.5 Å². The standard InChI is InChI=1S/C27H35N5O5/c1-5-17-13-21-23(31-26(17)28-19-7-6-8-20(14-19)36-4)25(37-16(2)3)24(30-21)27(35)29-18-9-11-32(12-10-18)22(34)15-33/h6-8,13-14,16,18,30,33H,5,9-12,15H2,1-4H3,(H,28,31)(H,29,35). The number of aromatic nitrogens is 2. The zero-order chi connectivity index (χ0) is 26.5. The largest absolute Gasteiger partial charge is 0.497 e. The summed E-state index contributed by atoms with van der Waals surface area (Å²) >= 11 is 0. The topological polar surface area (TPSA) is 129 Å². The molecule has 0 saturated carbocycles. The maximum Gasteiger partial charge on any atom is 0.271 e. The van der Waals surface area contributed by atoms with Crippen LogP contribution in [0.1, 0.15) is 49.7 Å². The number of H-pyrrole nitrogens is 1. The van der Waals surface area contributed by atoms with Gasteiger partial charge >= 0.3 is 0 Å². The van der Waals surface area contributed by atoms with Crippen LogP contribution in [0.5, 0.6) is 11.5 Å². The lowest BCUT2D eigenvalue weighted by atomic mass is 10.0. The van der Waals surface area contributed by atoms with Gasteiger partial charge in [0.2, 0.25) is 5.91 Å². The van der Waals surface area contributed by atoms with Crippen molar-refractivity contribution in [1.82, 2.24) is 20.2 Å². The molecule has 0 atom stereocenters. The molecule has 0 aliphatic carbocycles. The van der Waals surface area contributed by atoms with Crippen molar-refractivity contribution in [1.29, 1.82) is 0 Å². The number of fused-ring (bicyclic) bond motifs is 1. The average Bonchev–Trinajstić information content (AvgIpc) is 3.24. The van der Waals surface area contributed by atoms with Crippen molar-refractivity contribution in [2.24, 2.45) is 0 Å². The Balaban J connectivity index is 1.63. The number of ether oxygens (including phenoxy) is 2. The second kappa shape index (κ2) is 11.5. The highest BCUT2D eigenvalue weighted by atomic mass is 16.5. The number of hydrogen-bond donors (Lipinski definition) is 4. The summed E-state index contributed by atoms with van der Waals surface area (Å²) in [7, 11) is 1.63. The van der Waals surface area contributed by atoms with E-state index in [0.29, 0.717) is 48.7 Å². The van der Waals surface area contributed by atoms with Gasteiger partial charge in [-0.05, 0) is 56.9 Å². The van der Waals surface area contributed by atoms with Gasteiger partial charge in [0.1, 0.15) is 29.4 Å². The fraction of sp³-hybridized carbons (Fsp3) is 0.444. The van der Waals surface area contributed by atoms with E-state index in [1.54, 1.807) is 12.0 Å². The number of aliphatic hydroxyl groups excluding tert-OH is 1. The summed E-state index contributed by atoms with van der Waals surface area (Å²) in [6.45, 7) is 6.35. The number of anilines is 2. The lowest BCUT2D eigenvalue weighted by Gasteiger charge is -2.32. The molecule has 1 aliphatic rings. The molecule has 0 unspecified atom stereocenters. The Morgan fingerprint density at radius 1 is 1.24 bits per heavy atom. The number of aromatic amines is 1. The molecule has 0 bridgehead atoms. The second-order valence-electron chi connectivity index (χ2n) is 9.39. The van der Waals surface area contributed by atoms with Gasteiger partial charge in [-0.25, -0.2) is 4.98 Å². The van der Waals surface area contributed by atoms with Crippen LogP contribution in [0.15, 0.2) is 30.3 Å². The number of carbonyl (C=O) groups excluding carboxylic acids is 2. The lowest BCUT2D eigenvalue weighted by Crippen LogP contribution is -2.47. The van der Waals surface area contributed by atoms with Crippen LogP contribution in [0.3, 0.4) is 0 Å². The van der Waals surface area contributed by atoms with Crippen LogP contribution < -0.4 is 20.1 Å². The van der Waals surface area contributed by atoms with Gasteiger partial charge in [-0.3, -0.25) is 9.59 Å². The van der Waals surface area contributed by atoms with Crippen LogP contribution in [0.25, 0.3) is 11.0 Å². The second-order valence-corrected chi connectivity index (χ2v) is 9.39. The minimum atomic E-state index is -0.497. The zero-order valence-electron chi connectivity index (χ0n) is 21.8. The van der Waals surface area contributed by atoms with Gasteiger partial charge in [-0.1, -0.05) is 13.0 Å². The van der Waals surface area contributed by atoms with Gasteiger partial charge in [0.25, 0.3) is 5.91 Å². The third kappa shape index (κ3) is 5.96. The molecule has 1 aliphatic heterocycles. The summed E-state index contributed by atoms with van der Waals surface area (Å²) in [4.78, 5) is 34.8. The van der Waals surface area contributed by atoms with Crippen LogP contribution >= 0.6 is 0 Å². The molecule has 4 rings (SSSR count). The van der Waals surface area contributed by atoms with E-state index in [-0.39, 0.29) is 24.0 Å². The van der Waals surface area contributed by atoms with Gasteiger partial charge in [0.15, 0.2) is 5.75 Å². The maximum absolute atomic E-state index is 13.4. The quantitative estimate of drug-likeness (QED) is 0.348. The van der Waals surface area contributed by atoms with Crippen molar-refractivity contribution in [2.45, 2.75) is 52.2 Å². The highest BCUT2D eigenvalue weighted by molar-refractivity contribution is 6.03. The van der Waals surface area contributed by atoms with E-state index >= 15 is 0 Å². The molecule has 1 saturated heterocycles. The first kappa shape index (κ1) is 26.3. The van der Waals surface area contributed by atoms with Crippen molar-refractivity contribution >= 4 is 34.4 Å². The molecule has 1 fully saturated rings. The number of piperidine rings is 1. The molecule has 10 heteroatoms. The Morgan fingerprint density at radius 3 is 2.65 bits per heavy atom. The molecular weight excluding hydrogens is 474 g/mol. The molecule has 0 spiro atoms. The predicted octanol–water partition coefficient (Wildman–Crippen LogP) is 3.38. The first-order valence-corrected chi connectivity index (χ1v) is 12.7. The molecular formula is C27H35N5O5. The van der Waals surface area contributed by atoms with Gasteiger partial charge in [-0.15, -0.1) is 0 Å². The Labute approximate surface area is 216 Å². The van der Waals surface area contributed by atoms with Crippen LogP contribution in [0.2, 0.25) is 0 Å². The molecule has 3 heterocycles. The normalized spacial score (nSPS) is 14.2. The number of pyridine rings is 1. The van der Waals surface area contributed by atoms with Gasteiger partial charge in [-0.2, -0.15) is 0 Å². The number of nitrogens with one attached hydrogen (secondary N) is 3. The number of methoxy groups -OCH3 is 1. The highest BCUT2D eigenvalue weighted by Gasteiger charge is 2.27. The summed E-state index contributed by atoms with van der Waals surface area (Å²) < 4.78 is 11.4. The molecule has 2 aromatic heterocycles. The average molecular weight is 510 g/mol. The Hall–Kier alpha value is -3.79. The number of carbonyl (C=O) groups is 2. The van der Waals surface area contributed by atoms with Gasteiger partial charge in [0.05, 0.1) is 18.7 Å². The molecule has 0 radical (unpaired) electrons. The molecule has 2 amide bonds. The third-order valence-corrected chi connectivity index (χ3v) is 6.42. The van der Waals surface area contributed by atoms with Crippen LogP contribution in [-0.4, -0.2) is 70.7 Å². The van der Waals surface area contributed by atoms with Gasteiger partial charge < -0.3 is 35.1 Å². The van der Waals surface area contributed by atoms with E-state index in [1.165, 1.54) is 0 Å². The van der Waals surface area contributed by atoms with Crippen molar-refractivity contribution < 1.29 is 24.2 Å². The van der Waals surface area contributed by atoms with E-state index in [2.05, 4.69) is 22.5 Å². The monoisotopic (exact) mass is 509 g/mol. The van der Waals surface area contributed by atoms with E-state index in [1.807, 2.05) is 44.2 Å². The number of amides is 2. The smallest absolute Gasteiger partial charge is 0.271 e. The van der Waals surface area contributed by atoms with Crippen molar-refractivity contribution in [2.75, 3.05) is 32.1 Å². The third-order valence-electron chi connectivity index (χ3n) is 6.42. The summed E-state index contributed by atoms with van der Waals surface area (Å²) in [5.41, 5.74) is 3.44. The minimum absolute atomic E-state index is 0.0852. The van der Waals surface area contributed by atoms with Crippen molar-refractivity contribution in [3.05, 3.63) is 41.6 Å². The fourth-order valence-corrected chi connectivity index (χ4v) is 4.49. The summed E-state index contributed by atoms with van der Waals surface area (Å²) in [6.07, 6.45) is 1.80. The molecule has 1 aromatic carbocycles. The number of aliphatic hydroxyl groups is 1. The molecule has 4 N–H and O–H groups in total. The highest BCUT2D eigenvalue weighted by Crippen LogP contribution is 2.34. The molecule has 3 aromatic rings. The van der Waals surface area contributed by atoms with Crippen molar-refractivity contribution in [3.63, 3.8) is 0 Å². The Bertz CT molecular complexity index is 1260. The first-order valence-electron chi connectivity index (χ1n) is 12.7. The lowest BCUT2D eigenvalue weighted by molar-refractivity contribution is -0.135. The van der Waals surface area contributed by atoms with Crippen LogP contribution in [0.4, 0.5) is 11.5 Å². The molecule has 10 nitrogen and oxygen atoms in total. The Kier molecular flexibility index (Phi) is 8.17. The molecule has 37 heavy (non-hydrogen) atoms. The fourth-order valence-electron chi connectivity index (χ4n) is 4.49. The SMILES string of the molecule is CCc1cc2[nH]c(C(=O)NC3CCN(C(=O)CO)CC3)c(OC(C)C)c2nc1Nc1cccc(OC)c1. The van der Waals surface area contributed by atoms with E-state index in [9.17, 15) is 9.59 Å². The number of benzene rings is 1. The predicted molar refractivity (Wildman–Crippen MR) is 142 cm³/mol. The summed E-state index contributed by atoms with van der Waals surface area (Å²) in [5, 5.41) is 15.5. The maximum atomic E-state index is 13.4. The first-order chi connectivity index (χ1) is 17.8. The molecule has 198 valence electrons.